The van der Waals surface area contributed by atoms with Crippen LogP contribution in [-0.4, -0.2) is 16.8 Å². The molecule has 0 saturated carbocycles. The van der Waals surface area contributed by atoms with E-state index in [-0.39, 0.29) is 18.2 Å². The number of benzene rings is 2. The Hall–Kier alpha value is -2.70. The summed E-state index contributed by atoms with van der Waals surface area (Å²) in [5.74, 6) is -0.225. The molecule has 28 heavy (non-hydrogen) atoms. The fourth-order valence-corrected chi connectivity index (χ4v) is 3.67. The molecule has 0 saturated heterocycles. The van der Waals surface area contributed by atoms with Crippen molar-refractivity contribution >= 4 is 46.1 Å². The van der Waals surface area contributed by atoms with Gasteiger partial charge >= 0.3 is 0 Å². The first-order valence-corrected chi connectivity index (χ1v) is 10.1. The second-order valence-electron chi connectivity index (χ2n) is 6.25. The number of aromatic nitrogens is 1. The van der Waals surface area contributed by atoms with Crippen LogP contribution in [0.5, 0.6) is 0 Å². The van der Waals surface area contributed by atoms with E-state index in [1.165, 1.54) is 11.3 Å². The fourth-order valence-electron chi connectivity index (χ4n) is 2.63. The first-order valence-electron chi connectivity index (χ1n) is 8.89. The van der Waals surface area contributed by atoms with Gasteiger partial charge in [0, 0.05) is 34.6 Å². The first kappa shape index (κ1) is 20.0. The Morgan fingerprint density at radius 3 is 2.46 bits per heavy atom. The van der Waals surface area contributed by atoms with Gasteiger partial charge in [-0.1, -0.05) is 36.7 Å². The van der Waals surface area contributed by atoms with Crippen LogP contribution in [0.1, 0.15) is 29.6 Å². The number of hydrogen-bond donors (Lipinski definition) is 2. The molecular formula is C21H20ClN3O2S. The van der Waals surface area contributed by atoms with Gasteiger partial charge in [-0.2, -0.15) is 0 Å². The predicted molar refractivity (Wildman–Crippen MR) is 114 cm³/mol. The van der Waals surface area contributed by atoms with E-state index in [1.54, 1.807) is 31.2 Å². The summed E-state index contributed by atoms with van der Waals surface area (Å²) in [5, 5.41) is 9.16. The molecule has 2 amide bonds. The van der Waals surface area contributed by atoms with Crippen molar-refractivity contribution in [3.8, 4) is 0 Å². The number of rotatable bonds is 7. The molecule has 0 spiro atoms. The third kappa shape index (κ3) is 5.90. The first-order chi connectivity index (χ1) is 13.5. The van der Waals surface area contributed by atoms with E-state index in [1.807, 2.05) is 29.6 Å². The number of halogens is 1. The lowest BCUT2D eigenvalue weighted by molar-refractivity contribution is -0.116. The van der Waals surface area contributed by atoms with Gasteiger partial charge in [-0.05, 0) is 35.9 Å². The van der Waals surface area contributed by atoms with Crippen molar-refractivity contribution < 1.29 is 9.59 Å². The van der Waals surface area contributed by atoms with E-state index in [2.05, 4.69) is 15.6 Å². The predicted octanol–water partition coefficient (Wildman–Crippen LogP) is 4.92. The van der Waals surface area contributed by atoms with Crippen LogP contribution in [0.15, 0.2) is 53.9 Å². The van der Waals surface area contributed by atoms with Crippen LogP contribution in [0, 0.1) is 0 Å². The van der Waals surface area contributed by atoms with Gasteiger partial charge in [0.05, 0.1) is 17.1 Å². The smallest absolute Gasteiger partial charge is 0.230 e. The molecule has 0 bridgehead atoms. The lowest BCUT2D eigenvalue weighted by Gasteiger charge is -2.08. The maximum Gasteiger partial charge on any atom is 0.230 e. The van der Waals surface area contributed by atoms with Gasteiger partial charge in [-0.25, -0.2) is 4.98 Å². The Morgan fingerprint density at radius 2 is 1.75 bits per heavy atom. The van der Waals surface area contributed by atoms with Gasteiger partial charge in [0.25, 0.3) is 0 Å². The third-order valence-corrected chi connectivity index (χ3v) is 5.07. The number of nitrogens with zero attached hydrogens (tertiary/aromatic N) is 1. The number of nitrogens with one attached hydrogen (secondary N) is 2. The summed E-state index contributed by atoms with van der Waals surface area (Å²) >= 11 is 7.54. The van der Waals surface area contributed by atoms with Crippen LogP contribution in [0.25, 0.3) is 0 Å². The Kier molecular flexibility index (Phi) is 6.79. The molecule has 3 rings (SSSR count). The van der Waals surface area contributed by atoms with E-state index in [0.29, 0.717) is 29.2 Å². The van der Waals surface area contributed by atoms with E-state index >= 15 is 0 Å². The molecule has 0 radical (unpaired) electrons. The molecule has 2 aromatic carbocycles. The van der Waals surface area contributed by atoms with Gasteiger partial charge in [0.2, 0.25) is 11.8 Å². The number of hydrogen-bond acceptors (Lipinski definition) is 4. The second kappa shape index (κ2) is 9.48. The standard InChI is InChI=1S/C21H20ClN3O2S/c1-2-19(26)23-16-7-4-8-17(11-16)24-20(27)12-18-13-28-21(25-18)10-14-5-3-6-15(22)9-14/h3-9,11,13H,2,10,12H2,1H3,(H,23,26)(H,24,27). The normalized spacial score (nSPS) is 10.5. The van der Waals surface area contributed by atoms with Crippen molar-refractivity contribution in [3.63, 3.8) is 0 Å². The molecule has 0 unspecified atom stereocenters. The maximum absolute atomic E-state index is 12.3. The van der Waals surface area contributed by atoms with E-state index < -0.39 is 0 Å². The van der Waals surface area contributed by atoms with Gasteiger partial charge in [0.15, 0.2) is 0 Å². The molecule has 3 aromatic rings. The molecule has 144 valence electrons. The molecule has 0 aliphatic carbocycles. The van der Waals surface area contributed by atoms with Crippen LogP contribution in [-0.2, 0) is 22.4 Å². The molecule has 0 atom stereocenters. The summed E-state index contributed by atoms with van der Waals surface area (Å²) in [6.45, 7) is 1.79. The largest absolute Gasteiger partial charge is 0.326 e. The highest BCUT2D eigenvalue weighted by Gasteiger charge is 2.10. The lowest BCUT2D eigenvalue weighted by atomic mass is 10.2. The number of carbonyl (C=O) groups is 2. The zero-order chi connectivity index (χ0) is 19.9. The molecule has 0 aliphatic rings. The maximum atomic E-state index is 12.3. The average Bonchev–Trinajstić information content (AvgIpc) is 3.08. The number of carbonyl (C=O) groups excluding carboxylic acids is 2. The van der Waals surface area contributed by atoms with Gasteiger partial charge < -0.3 is 10.6 Å². The van der Waals surface area contributed by atoms with E-state index in [9.17, 15) is 9.59 Å². The molecule has 1 heterocycles. The van der Waals surface area contributed by atoms with Crippen LogP contribution < -0.4 is 10.6 Å². The molecule has 7 heteroatoms. The highest BCUT2D eigenvalue weighted by Crippen LogP contribution is 2.19. The number of thiazole rings is 1. The highest BCUT2D eigenvalue weighted by atomic mass is 35.5. The Morgan fingerprint density at radius 1 is 1.04 bits per heavy atom. The fraction of sp³-hybridized carbons (Fsp3) is 0.190. The summed E-state index contributed by atoms with van der Waals surface area (Å²) in [6.07, 6.45) is 1.28. The van der Waals surface area contributed by atoms with Gasteiger partial charge in [0.1, 0.15) is 0 Å². The summed E-state index contributed by atoms with van der Waals surface area (Å²) in [4.78, 5) is 28.4. The van der Waals surface area contributed by atoms with Crippen LogP contribution in [0.2, 0.25) is 5.02 Å². The van der Waals surface area contributed by atoms with Crippen molar-refractivity contribution in [2.75, 3.05) is 10.6 Å². The van der Waals surface area contributed by atoms with Gasteiger partial charge in [-0.15, -0.1) is 11.3 Å². The highest BCUT2D eigenvalue weighted by molar-refractivity contribution is 7.09. The van der Waals surface area contributed by atoms with Crippen LogP contribution in [0.4, 0.5) is 11.4 Å². The average molecular weight is 414 g/mol. The van der Waals surface area contributed by atoms with Gasteiger partial charge in [-0.3, -0.25) is 9.59 Å². The lowest BCUT2D eigenvalue weighted by Crippen LogP contribution is -2.15. The quantitative estimate of drug-likeness (QED) is 0.577. The summed E-state index contributed by atoms with van der Waals surface area (Å²) < 4.78 is 0. The van der Waals surface area contributed by atoms with Crippen molar-refractivity contribution in [1.29, 1.82) is 0 Å². The molecule has 0 aliphatic heterocycles. The Labute approximate surface area is 172 Å². The zero-order valence-electron chi connectivity index (χ0n) is 15.4. The summed E-state index contributed by atoms with van der Waals surface area (Å²) in [6, 6.07) is 14.8. The number of anilines is 2. The summed E-state index contributed by atoms with van der Waals surface area (Å²) in [7, 11) is 0. The molecule has 5 nitrogen and oxygen atoms in total. The van der Waals surface area contributed by atoms with E-state index in [0.717, 1.165) is 16.3 Å². The molecule has 1 aromatic heterocycles. The molecule has 2 N–H and O–H groups in total. The van der Waals surface area contributed by atoms with Crippen molar-refractivity contribution in [2.45, 2.75) is 26.2 Å². The topological polar surface area (TPSA) is 71.1 Å². The monoisotopic (exact) mass is 413 g/mol. The minimum absolute atomic E-state index is 0.0711. The van der Waals surface area contributed by atoms with Crippen molar-refractivity contribution in [3.05, 3.63) is 75.2 Å². The Bertz CT molecular complexity index is 987. The second-order valence-corrected chi connectivity index (χ2v) is 7.63. The third-order valence-electron chi connectivity index (χ3n) is 3.94. The minimum Gasteiger partial charge on any atom is -0.326 e. The summed E-state index contributed by atoms with van der Waals surface area (Å²) in [5.41, 5.74) is 3.11. The van der Waals surface area contributed by atoms with Crippen molar-refractivity contribution in [1.82, 2.24) is 4.98 Å². The van der Waals surface area contributed by atoms with Crippen LogP contribution >= 0.6 is 22.9 Å². The Balaban J connectivity index is 1.57. The molecular weight excluding hydrogens is 394 g/mol. The number of amides is 2. The van der Waals surface area contributed by atoms with E-state index in [4.69, 9.17) is 11.6 Å². The minimum atomic E-state index is -0.154. The molecule has 0 fully saturated rings. The zero-order valence-corrected chi connectivity index (χ0v) is 16.9. The van der Waals surface area contributed by atoms with Crippen molar-refractivity contribution in [2.24, 2.45) is 0 Å². The SMILES string of the molecule is CCC(=O)Nc1cccc(NC(=O)Cc2csc(Cc3cccc(Cl)c3)n2)c1. The van der Waals surface area contributed by atoms with Crippen LogP contribution in [0.3, 0.4) is 0 Å².